The average Bonchev–Trinajstić information content (AvgIpc) is 2.79. The van der Waals surface area contributed by atoms with E-state index in [9.17, 15) is 9.59 Å². The van der Waals surface area contributed by atoms with E-state index in [0.29, 0.717) is 28.6 Å². The van der Waals surface area contributed by atoms with E-state index in [-0.39, 0.29) is 11.9 Å². The third-order valence-electron chi connectivity index (χ3n) is 4.24. The van der Waals surface area contributed by atoms with Crippen LogP contribution >= 0.6 is 0 Å². The predicted molar refractivity (Wildman–Crippen MR) is 123 cm³/mol. The van der Waals surface area contributed by atoms with Gasteiger partial charge in [-0.05, 0) is 60.2 Å². The number of nitrogens with one attached hydrogen (secondary N) is 3. The Morgan fingerprint density at radius 3 is 1.77 bits per heavy atom. The van der Waals surface area contributed by atoms with E-state index in [0.717, 1.165) is 5.56 Å². The molecule has 0 aliphatic rings. The van der Waals surface area contributed by atoms with Crippen LogP contribution in [0, 0.1) is 0 Å². The normalized spacial score (nSPS) is 10.4. The number of benzene rings is 3. The van der Waals surface area contributed by atoms with Crippen molar-refractivity contribution in [1.82, 2.24) is 0 Å². The molecule has 0 aliphatic carbocycles. The smallest absolute Gasteiger partial charge is 0.323 e. The molecule has 0 saturated heterocycles. The van der Waals surface area contributed by atoms with E-state index in [2.05, 4.69) is 16.0 Å². The molecule has 3 aromatic rings. The zero-order valence-electron chi connectivity index (χ0n) is 17.2. The molecule has 0 aromatic heterocycles. The van der Waals surface area contributed by atoms with Gasteiger partial charge in [-0.2, -0.15) is 0 Å². The van der Waals surface area contributed by atoms with Gasteiger partial charge in [0.1, 0.15) is 11.5 Å². The van der Waals surface area contributed by atoms with Crippen molar-refractivity contribution in [2.75, 3.05) is 30.2 Å². The largest absolute Gasteiger partial charge is 0.497 e. The Bertz CT molecular complexity index is 1040. The third kappa shape index (κ3) is 6.64. The number of amides is 3. The molecule has 0 saturated carbocycles. The molecule has 0 bridgehead atoms. The van der Waals surface area contributed by atoms with E-state index in [1.54, 1.807) is 74.9 Å². The summed E-state index contributed by atoms with van der Waals surface area (Å²) in [6.07, 6.45) is 3.10. The molecule has 0 aliphatic heterocycles. The second-order valence-electron chi connectivity index (χ2n) is 6.49. The molecule has 3 aromatic carbocycles. The Morgan fingerprint density at radius 2 is 1.23 bits per heavy atom. The van der Waals surface area contributed by atoms with E-state index in [4.69, 9.17) is 9.47 Å². The molecule has 3 rings (SSSR count). The van der Waals surface area contributed by atoms with Gasteiger partial charge in [-0.25, -0.2) is 4.79 Å². The van der Waals surface area contributed by atoms with Gasteiger partial charge in [0.2, 0.25) is 5.91 Å². The number of carbonyl (C=O) groups is 2. The number of para-hydroxylation sites is 1. The van der Waals surface area contributed by atoms with Crippen molar-refractivity contribution < 1.29 is 19.1 Å². The fourth-order valence-corrected chi connectivity index (χ4v) is 2.73. The molecule has 0 unspecified atom stereocenters. The molecule has 7 nitrogen and oxygen atoms in total. The summed E-state index contributed by atoms with van der Waals surface area (Å²) in [6.45, 7) is 0. The number of rotatable bonds is 7. The zero-order valence-corrected chi connectivity index (χ0v) is 17.2. The van der Waals surface area contributed by atoms with Crippen LogP contribution in [-0.2, 0) is 4.79 Å². The van der Waals surface area contributed by atoms with Crippen LogP contribution in [-0.4, -0.2) is 26.2 Å². The van der Waals surface area contributed by atoms with Crippen molar-refractivity contribution in [3.63, 3.8) is 0 Å². The molecule has 3 N–H and O–H groups in total. The molecule has 7 heteroatoms. The number of carbonyl (C=O) groups excluding carboxylic acids is 2. The van der Waals surface area contributed by atoms with Gasteiger partial charge in [-0.3, -0.25) is 4.79 Å². The topological polar surface area (TPSA) is 88.7 Å². The van der Waals surface area contributed by atoms with Crippen LogP contribution in [0.15, 0.2) is 78.9 Å². The van der Waals surface area contributed by atoms with Crippen molar-refractivity contribution in [2.24, 2.45) is 0 Å². The van der Waals surface area contributed by atoms with Gasteiger partial charge in [0, 0.05) is 29.2 Å². The van der Waals surface area contributed by atoms with Crippen LogP contribution in [0.1, 0.15) is 5.56 Å². The lowest BCUT2D eigenvalue weighted by Gasteiger charge is -2.08. The Kier molecular flexibility index (Phi) is 7.26. The number of urea groups is 1. The van der Waals surface area contributed by atoms with E-state index < -0.39 is 0 Å². The van der Waals surface area contributed by atoms with Crippen LogP contribution in [0.25, 0.3) is 6.08 Å². The molecule has 0 fully saturated rings. The van der Waals surface area contributed by atoms with Crippen molar-refractivity contribution >= 4 is 35.1 Å². The van der Waals surface area contributed by atoms with Crippen LogP contribution < -0.4 is 25.4 Å². The lowest BCUT2D eigenvalue weighted by molar-refractivity contribution is -0.111. The number of anilines is 3. The summed E-state index contributed by atoms with van der Waals surface area (Å²) in [5, 5.41) is 8.25. The van der Waals surface area contributed by atoms with Gasteiger partial charge in [-0.15, -0.1) is 0 Å². The lowest BCUT2D eigenvalue weighted by atomic mass is 10.2. The highest BCUT2D eigenvalue weighted by Gasteiger charge is 2.04. The Balaban J connectivity index is 1.55. The molecular weight excluding hydrogens is 394 g/mol. The molecule has 0 radical (unpaired) electrons. The summed E-state index contributed by atoms with van der Waals surface area (Å²) in [5.74, 6) is 0.988. The number of ether oxygens (including phenoxy) is 2. The van der Waals surface area contributed by atoms with Gasteiger partial charge in [0.15, 0.2) is 0 Å². The minimum atomic E-state index is -0.348. The monoisotopic (exact) mass is 417 g/mol. The maximum atomic E-state index is 12.2. The minimum absolute atomic E-state index is 0.288. The third-order valence-corrected chi connectivity index (χ3v) is 4.24. The molecule has 158 valence electrons. The highest BCUT2D eigenvalue weighted by atomic mass is 16.5. The summed E-state index contributed by atoms with van der Waals surface area (Å²) in [5.41, 5.74) is 2.68. The lowest BCUT2D eigenvalue weighted by Crippen LogP contribution is -2.19. The summed E-state index contributed by atoms with van der Waals surface area (Å²) >= 11 is 0. The number of hydrogen-bond acceptors (Lipinski definition) is 4. The van der Waals surface area contributed by atoms with Crippen LogP contribution in [0.4, 0.5) is 21.9 Å². The maximum absolute atomic E-state index is 12.2. The van der Waals surface area contributed by atoms with Gasteiger partial charge in [-0.1, -0.05) is 18.2 Å². The molecule has 0 heterocycles. The SMILES string of the molecule is COc1cc(/C=C\C(=O)Nc2ccc(NC(=O)Nc3ccccc3)cc2)cc(OC)c1. The van der Waals surface area contributed by atoms with Crippen molar-refractivity contribution in [3.05, 3.63) is 84.4 Å². The molecule has 3 amide bonds. The Morgan fingerprint density at radius 1 is 0.710 bits per heavy atom. The first-order valence-electron chi connectivity index (χ1n) is 9.51. The van der Waals surface area contributed by atoms with Crippen molar-refractivity contribution in [3.8, 4) is 11.5 Å². The van der Waals surface area contributed by atoms with Gasteiger partial charge < -0.3 is 25.4 Å². The summed E-state index contributed by atoms with van der Waals surface area (Å²) in [7, 11) is 3.14. The van der Waals surface area contributed by atoms with Crippen molar-refractivity contribution in [1.29, 1.82) is 0 Å². The maximum Gasteiger partial charge on any atom is 0.323 e. The highest BCUT2D eigenvalue weighted by molar-refractivity contribution is 6.02. The Labute approximate surface area is 180 Å². The summed E-state index contributed by atoms with van der Waals surface area (Å²) in [6, 6.07) is 21.0. The summed E-state index contributed by atoms with van der Waals surface area (Å²) in [4.78, 5) is 24.3. The van der Waals surface area contributed by atoms with E-state index in [1.807, 2.05) is 18.2 Å². The van der Waals surface area contributed by atoms with Crippen LogP contribution in [0.2, 0.25) is 0 Å². The zero-order chi connectivity index (χ0) is 22.1. The van der Waals surface area contributed by atoms with Crippen molar-refractivity contribution in [2.45, 2.75) is 0 Å². The quantitative estimate of drug-likeness (QED) is 0.472. The average molecular weight is 417 g/mol. The highest BCUT2D eigenvalue weighted by Crippen LogP contribution is 2.23. The Hall–Kier alpha value is -4.26. The van der Waals surface area contributed by atoms with Gasteiger partial charge in [0.05, 0.1) is 14.2 Å². The van der Waals surface area contributed by atoms with E-state index in [1.165, 1.54) is 6.08 Å². The minimum Gasteiger partial charge on any atom is -0.497 e. The van der Waals surface area contributed by atoms with Crippen LogP contribution in [0.3, 0.4) is 0 Å². The first-order chi connectivity index (χ1) is 15.1. The fourth-order valence-electron chi connectivity index (χ4n) is 2.73. The second kappa shape index (κ2) is 10.5. The number of methoxy groups -OCH3 is 2. The number of hydrogen-bond donors (Lipinski definition) is 3. The standard InChI is InChI=1S/C24H23N3O4/c1-30-21-14-17(15-22(16-21)31-2)8-13-23(28)25-19-9-11-20(12-10-19)27-24(29)26-18-6-4-3-5-7-18/h3-16H,1-2H3,(H,25,28)(H2,26,27,29)/b13-8-. The molecular formula is C24H23N3O4. The van der Waals surface area contributed by atoms with Crippen LogP contribution in [0.5, 0.6) is 11.5 Å². The molecule has 0 spiro atoms. The second-order valence-corrected chi connectivity index (χ2v) is 6.49. The van der Waals surface area contributed by atoms with Gasteiger partial charge >= 0.3 is 6.03 Å². The van der Waals surface area contributed by atoms with E-state index >= 15 is 0 Å². The fraction of sp³-hybridized carbons (Fsp3) is 0.0833. The predicted octanol–water partition coefficient (Wildman–Crippen LogP) is 5.00. The molecule has 0 atom stereocenters. The van der Waals surface area contributed by atoms with Gasteiger partial charge in [0.25, 0.3) is 0 Å². The summed E-state index contributed by atoms with van der Waals surface area (Å²) < 4.78 is 10.4. The first kappa shape index (κ1) is 21.4. The first-order valence-corrected chi connectivity index (χ1v) is 9.51. The molecule has 31 heavy (non-hydrogen) atoms.